The number of nitrogens with one attached hydrogen (secondary N) is 1. The highest BCUT2D eigenvalue weighted by atomic mass is 32.2. The average Bonchev–Trinajstić information content (AvgIpc) is 3.02. The van der Waals surface area contributed by atoms with E-state index < -0.39 is 10.0 Å². The lowest BCUT2D eigenvalue weighted by Crippen LogP contribution is -2.48. The van der Waals surface area contributed by atoms with Crippen molar-refractivity contribution in [1.82, 2.24) is 19.4 Å². The van der Waals surface area contributed by atoms with Crippen molar-refractivity contribution < 1.29 is 13.2 Å². The molecule has 3 rings (SSSR count). The van der Waals surface area contributed by atoms with E-state index in [2.05, 4.69) is 10.4 Å². The van der Waals surface area contributed by atoms with E-state index in [9.17, 15) is 8.42 Å². The number of rotatable bonds is 4. The Hall–Kier alpha value is -1.90. The lowest BCUT2D eigenvalue weighted by atomic mass is 10.0. The first-order valence-electron chi connectivity index (χ1n) is 7.38. The normalized spacial score (nSPS) is 19.7. The Kier molecular flexibility index (Phi) is 4.38. The maximum atomic E-state index is 13.0. The SMILES string of the molecule is COc1ccccc1C1CNCCN1S(=O)(=O)c1cnn(C)c1. The maximum Gasteiger partial charge on any atom is 0.246 e. The Morgan fingerprint density at radius 3 is 2.83 bits per heavy atom. The van der Waals surface area contributed by atoms with Crippen LogP contribution in [0.25, 0.3) is 0 Å². The molecule has 0 bridgehead atoms. The van der Waals surface area contributed by atoms with Crippen molar-refractivity contribution in [1.29, 1.82) is 0 Å². The Morgan fingerprint density at radius 1 is 1.35 bits per heavy atom. The smallest absolute Gasteiger partial charge is 0.246 e. The monoisotopic (exact) mass is 336 g/mol. The predicted molar refractivity (Wildman–Crippen MR) is 85.7 cm³/mol. The molecule has 0 saturated carbocycles. The molecular weight excluding hydrogens is 316 g/mol. The molecule has 1 N–H and O–H groups in total. The minimum absolute atomic E-state index is 0.210. The molecule has 0 spiro atoms. The van der Waals surface area contributed by atoms with Gasteiger partial charge in [0, 0.05) is 38.4 Å². The molecule has 124 valence electrons. The van der Waals surface area contributed by atoms with Gasteiger partial charge in [0.1, 0.15) is 10.6 Å². The summed E-state index contributed by atoms with van der Waals surface area (Å²) in [6.07, 6.45) is 2.91. The second-order valence-electron chi connectivity index (χ2n) is 5.43. The summed E-state index contributed by atoms with van der Waals surface area (Å²) in [6.45, 7) is 1.56. The van der Waals surface area contributed by atoms with E-state index in [1.54, 1.807) is 14.2 Å². The predicted octanol–water partition coefficient (Wildman–Crippen LogP) is 0.764. The second kappa shape index (κ2) is 6.31. The number of sulfonamides is 1. The Morgan fingerprint density at radius 2 is 2.13 bits per heavy atom. The summed E-state index contributed by atoms with van der Waals surface area (Å²) in [5.41, 5.74) is 0.856. The molecule has 1 aromatic carbocycles. The molecule has 1 aliphatic rings. The fourth-order valence-electron chi connectivity index (χ4n) is 2.85. The highest BCUT2D eigenvalue weighted by molar-refractivity contribution is 7.89. The largest absolute Gasteiger partial charge is 0.496 e. The van der Waals surface area contributed by atoms with Crippen molar-refractivity contribution in [3.05, 3.63) is 42.2 Å². The first-order valence-corrected chi connectivity index (χ1v) is 8.82. The van der Waals surface area contributed by atoms with Gasteiger partial charge in [-0.05, 0) is 6.07 Å². The number of benzene rings is 1. The molecule has 0 amide bonds. The van der Waals surface area contributed by atoms with Crippen LogP contribution in [0.15, 0.2) is 41.6 Å². The molecule has 8 heteroatoms. The minimum atomic E-state index is -3.61. The lowest BCUT2D eigenvalue weighted by molar-refractivity contribution is 0.264. The zero-order valence-corrected chi connectivity index (χ0v) is 14.0. The number of methoxy groups -OCH3 is 1. The van der Waals surface area contributed by atoms with Crippen molar-refractivity contribution in [2.75, 3.05) is 26.7 Å². The summed E-state index contributed by atoms with van der Waals surface area (Å²) in [5, 5.41) is 7.24. The Balaban J connectivity index is 2.02. The Labute approximate surface area is 135 Å². The van der Waals surface area contributed by atoms with Gasteiger partial charge in [0.05, 0.1) is 19.3 Å². The van der Waals surface area contributed by atoms with Crippen molar-refractivity contribution in [3.8, 4) is 5.75 Å². The fourth-order valence-corrected chi connectivity index (χ4v) is 4.44. The fraction of sp³-hybridized carbons (Fsp3) is 0.400. The molecule has 1 saturated heterocycles. The van der Waals surface area contributed by atoms with Crippen LogP contribution in [-0.2, 0) is 17.1 Å². The van der Waals surface area contributed by atoms with E-state index in [4.69, 9.17) is 4.74 Å². The van der Waals surface area contributed by atoms with Crippen LogP contribution in [0.4, 0.5) is 0 Å². The number of hydrogen-bond donors (Lipinski definition) is 1. The number of aromatic nitrogens is 2. The maximum absolute atomic E-state index is 13.0. The number of aryl methyl sites for hydroxylation is 1. The van der Waals surface area contributed by atoms with Crippen LogP contribution >= 0.6 is 0 Å². The molecule has 0 aliphatic carbocycles. The zero-order chi connectivity index (χ0) is 16.4. The van der Waals surface area contributed by atoms with Crippen LogP contribution in [0, 0.1) is 0 Å². The van der Waals surface area contributed by atoms with E-state index in [1.165, 1.54) is 21.4 Å². The van der Waals surface area contributed by atoms with Gasteiger partial charge in [-0.25, -0.2) is 8.42 Å². The van der Waals surface area contributed by atoms with E-state index in [1.807, 2.05) is 24.3 Å². The third-order valence-electron chi connectivity index (χ3n) is 3.98. The highest BCUT2D eigenvalue weighted by Gasteiger charge is 2.36. The van der Waals surface area contributed by atoms with Gasteiger partial charge in [0.15, 0.2) is 0 Å². The molecule has 1 aliphatic heterocycles. The molecule has 0 radical (unpaired) electrons. The van der Waals surface area contributed by atoms with Gasteiger partial charge in [0.2, 0.25) is 10.0 Å². The molecule has 7 nitrogen and oxygen atoms in total. The summed E-state index contributed by atoms with van der Waals surface area (Å²) >= 11 is 0. The minimum Gasteiger partial charge on any atom is -0.496 e. The number of piperazine rings is 1. The van der Waals surface area contributed by atoms with Crippen LogP contribution in [0.2, 0.25) is 0 Å². The number of ether oxygens (including phenoxy) is 1. The van der Waals surface area contributed by atoms with Crippen molar-refractivity contribution in [3.63, 3.8) is 0 Å². The van der Waals surface area contributed by atoms with Gasteiger partial charge < -0.3 is 10.1 Å². The van der Waals surface area contributed by atoms with Gasteiger partial charge in [-0.2, -0.15) is 9.40 Å². The lowest BCUT2D eigenvalue weighted by Gasteiger charge is -2.35. The molecular formula is C15H20N4O3S. The van der Waals surface area contributed by atoms with E-state index in [0.717, 1.165) is 5.56 Å². The topological polar surface area (TPSA) is 76.5 Å². The highest BCUT2D eigenvalue weighted by Crippen LogP contribution is 2.33. The molecule has 1 fully saturated rings. The van der Waals surface area contributed by atoms with Crippen LogP contribution < -0.4 is 10.1 Å². The first-order chi connectivity index (χ1) is 11.0. The second-order valence-corrected chi connectivity index (χ2v) is 7.32. The summed E-state index contributed by atoms with van der Waals surface area (Å²) in [7, 11) is -0.314. The molecule has 2 aromatic rings. The quantitative estimate of drug-likeness (QED) is 0.892. The van der Waals surface area contributed by atoms with Gasteiger partial charge in [0.25, 0.3) is 0 Å². The standard InChI is InChI=1S/C15H20N4O3S/c1-18-11-12(9-17-18)23(20,21)19-8-7-16-10-14(19)13-5-3-4-6-15(13)22-2/h3-6,9,11,14,16H,7-8,10H2,1-2H3. The van der Waals surface area contributed by atoms with Crippen LogP contribution in [-0.4, -0.2) is 49.2 Å². The number of nitrogens with zero attached hydrogens (tertiary/aromatic N) is 3. The zero-order valence-electron chi connectivity index (χ0n) is 13.1. The molecule has 1 aromatic heterocycles. The number of para-hydroxylation sites is 1. The van der Waals surface area contributed by atoms with Gasteiger partial charge in [-0.1, -0.05) is 18.2 Å². The molecule has 2 heterocycles. The van der Waals surface area contributed by atoms with E-state index in [-0.39, 0.29) is 10.9 Å². The van der Waals surface area contributed by atoms with Crippen molar-refractivity contribution >= 4 is 10.0 Å². The molecule has 1 atom stereocenters. The van der Waals surface area contributed by atoms with E-state index in [0.29, 0.717) is 25.4 Å². The average molecular weight is 336 g/mol. The van der Waals surface area contributed by atoms with Crippen molar-refractivity contribution in [2.45, 2.75) is 10.9 Å². The summed E-state index contributed by atoms with van der Waals surface area (Å²) in [6, 6.07) is 7.20. The third kappa shape index (κ3) is 2.97. The number of hydrogen-bond acceptors (Lipinski definition) is 5. The van der Waals surface area contributed by atoms with Crippen molar-refractivity contribution in [2.24, 2.45) is 7.05 Å². The van der Waals surface area contributed by atoms with E-state index >= 15 is 0 Å². The van der Waals surface area contributed by atoms with Crippen LogP contribution in [0.3, 0.4) is 0 Å². The summed E-state index contributed by atoms with van der Waals surface area (Å²) < 4.78 is 34.4. The molecule has 1 unspecified atom stereocenters. The summed E-state index contributed by atoms with van der Waals surface area (Å²) in [4.78, 5) is 0.210. The van der Waals surface area contributed by atoms with Gasteiger partial charge in [-0.3, -0.25) is 4.68 Å². The van der Waals surface area contributed by atoms with Crippen LogP contribution in [0.5, 0.6) is 5.75 Å². The third-order valence-corrected chi connectivity index (χ3v) is 5.84. The van der Waals surface area contributed by atoms with Gasteiger partial charge >= 0.3 is 0 Å². The summed E-state index contributed by atoms with van der Waals surface area (Å²) in [5.74, 6) is 0.688. The van der Waals surface area contributed by atoms with Gasteiger partial charge in [-0.15, -0.1) is 0 Å². The molecule has 23 heavy (non-hydrogen) atoms. The first kappa shape index (κ1) is 16.0. The Bertz CT molecular complexity index is 788. The van der Waals surface area contributed by atoms with Crippen LogP contribution in [0.1, 0.15) is 11.6 Å².